The first-order valence-corrected chi connectivity index (χ1v) is 4.38. The van der Waals surface area contributed by atoms with Crippen molar-refractivity contribution in [2.24, 2.45) is 0 Å². The Labute approximate surface area is 78.2 Å². The lowest BCUT2D eigenvalue weighted by atomic mass is 9.80. The smallest absolute Gasteiger partial charge is 0.116 e. The first kappa shape index (κ1) is 10.2. The van der Waals surface area contributed by atoms with Gasteiger partial charge in [0, 0.05) is 5.41 Å². The van der Waals surface area contributed by atoms with Gasteiger partial charge in [-0.25, -0.2) is 4.39 Å². The second kappa shape index (κ2) is 3.88. The molecule has 13 heavy (non-hydrogen) atoms. The van der Waals surface area contributed by atoms with Crippen molar-refractivity contribution in [1.29, 1.82) is 0 Å². The summed E-state index contributed by atoms with van der Waals surface area (Å²) in [4.78, 5) is 0. The maximum absolute atomic E-state index is 12.3. The van der Waals surface area contributed by atoms with Crippen molar-refractivity contribution in [3.63, 3.8) is 0 Å². The molecule has 0 heterocycles. The van der Waals surface area contributed by atoms with Gasteiger partial charge in [0.15, 0.2) is 0 Å². The maximum atomic E-state index is 12.3. The summed E-state index contributed by atoms with van der Waals surface area (Å²) in [5, 5.41) is 9.46. The molecule has 0 amide bonds. The van der Waals surface area contributed by atoms with Gasteiger partial charge in [-0.1, -0.05) is 44.2 Å². The number of halogens is 1. The fourth-order valence-corrected chi connectivity index (χ4v) is 1.25. The Hall–Kier alpha value is -0.890. The summed E-state index contributed by atoms with van der Waals surface area (Å²) in [7, 11) is 0. The molecule has 0 radical (unpaired) electrons. The van der Waals surface area contributed by atoms with Gasteiger partial charge in [0.2, 0.25) is 0 Å². The van der Waals surface area contributed by atoms with Crippen LogP contribution in [0.25, 0.3) is 0 Å². The molecule has 0 bridgehead atoms. The number of benzene rings is 1. The zero-order valence-electron chi connectivity index (χ0n) is 8.00. The Morgan fingerprint density at radius 3 is 2.31 bits per heavy atom. The summed E-state index contributed by atoms with van der Waals surface area (Å²) >= 11 is 0. The van der Waals surface area contributed by atoms with Gasteiger partial charge in [0.1, 0.15) is 6.67 Å². The van der Waals surface area contributed by atoms with Gasteiger partial charge in [-0.2, -0.15) is 0 Å². The highest BCUT2D eigenvalue weighted by atomic mass is 19.1. The molecule has 72 valence electrons. The summed E-state index contributed by atoms with van der Waals surface area (Å²) in [5.74, 6) is 0. The summed E-state index contributed by atoms with van der Waals surface area (Å²) in [6.07, 6.45) is -0.935. The van der Waals surface area contributed by atoms with Gasteiger partial charge >= 0.3 is 0 Å². The van der Waals surface area contributed by atoms with Crippen LogP contribution in [0, 0.1) is 0 Å². The van der Waals surface area contributed by atoms with Crippen LogP contribution in [0.3, 0.4) is 0 Å². The van der Waals surface area contributed by atoms with E-state index < -0.39 is 18.2 Å². The average Bonchev–Trinajstić information content (AvgIpc) is 2.18. The standard InChI is InChI=1S/C11H15FO/c1-11(2,10(13)8-12)9-6-4-3-5-7-9/h3-7,10,13H,8H2,1-2H3. The number of aliphatic hydroxyl groups excluding tert-OH is 1. The molecule has 0 spiro atoms. The number of hydrogen-bond donors (Lipinski definition) is 1. The predicted molar refractivity (Wildman–Crippen MR) is 51.4 cm³/mol. The third-order valence-electron chi connectivity index (χ3n) is 2.50. The topological polar surface area (TPSA) is 20.2 Å². The van der Waals surface area contributed by atoms with Crippen LogP contribution < -0.4 is 0 Å². The van der Waals surface area contributed by atoms with Gasteiger partial charge in [0.05, 0.1) is 6.10 Å². The lowest BCUT2D eigenvalue weighted by Gasteiger charge is -2.29. The number of alkyl halides is 1. The van der Waals surface area contributed by atoms with E-state index in [1.54, 1.807) is 0 Å². The van der Waals surface area contributed by atoms with Crippen LogP contribution >= 0.6 is 0 Å². The first-order chi connectivity index (χ1) is 6.09. The molecule has 0 aliphatic carbocycles. The summed E-state index contributed by atoms with van der Waals surface area (Å²) in [6, 6.07) is 9.49. The lowest BCUT2D eigenvalue weighted by molar-refractivity contribution is 0.0737. The zero-order valence-corrected chi connectivity index (χ0v) is 8.00. The Balaban J connectivity index is 2.93. The largest absolute Gasteiger partial charge is 0.389 e. The van der Waals surface area contributed by atoms with Gasteiger partial charge in [0.25, 0.3) is 0 Å². The SMILES string of the molecule is CC(C)(c1ccccc1)C(O)CF. The van der Waals surface area contributed by atoms with E-state index in [1.165, 1.54) is 0 Å². The molecule has 1 aromatic carbocycles. The number of rotatable bonds is 3. The van der Waals surface area contributed by atoms with Crippen LogP contribution in [0.4, 0.5) is 4.39 Å². The second-order valence-electron chi connectivity index (χ2n) is 3.76. The van der Waals surface area contributed by atoms with Crippen molar-refractivity contribution in [2.75, 3.05) is 6.67 Å². The van der Waals surface area contributed by atoms with Gasteiger partial charge in [-0.15, -0.1) is 0 Å². The highest BCUT2D eigenvalue weighted by molar-refractivity contribution is 5.24. The van der Waals surface area contributed by atoms with Crippen molar-refractivity contribution in [1.82, 2.24) is 0 Å². The lowest BCUT2D eigenvalue weighted by Crippen LogP contribution is -2.35. The normalized spacial score (nSPS) is 14.2. The molecular formula is C11H15FO. The van der Waals surface area contributed by atoms with E-state index in [0.29, 0.717) is 0 Å². The van der Waals surface area contributed by atoms with Crippen LogP contribution in [0.15, 0.2) is 30.3 Å². The fourth-order valence-electron chi connectivity index (χ4n) is 1.25. The number of aliphatic hydroxyl groups is 1. The predicted octanol–water partition coefficient (Wildman–Crippen LogP) is 2.29. The summed E-state index contributed by atoms with van der Waals surface area (Å²) in [5.41, 5.74) is 0.441. The number of hydrogen-bond acceptors (Lipinski definition) is 1. The van der Waals surface area contributed by atoms with Crippen molar-refractivity contribution < 1.29 is 9.50 Å². The molecule has 0 aliphatic rings. The first-order valence-electron chi connectivity index (χ1n) is 4.38. The van der Waals surface area contributed by atoms with E-state index in [9.17, 15) is 9.50 Å². The minimum atomic E-state index is -0.935. The molecule has 0 aromatic heterocycles. The molecule has 1 unspecified atom stereocenters. The maximum Gasteiger partial charge on any atom is 0.116 e. The van der Waals surface area contributed by atoms with Crippen molar-refractivity contribution >= 4 is 0 Å². The highest BCUT2D eigenvalue weighted by Gasteiger charge is 2.29. The molecule has 0 saturated carbocycles. The second-order valence-corrected chi connectivity index (χ2v) is 3.76. The molecule has 1 rings (SSSR count). The van der Waals surface area contributed by atoms with Crippen molar-refractivity contribution in [3.05, 3.63) is 35.9 Å². The molecule has 0 fully saturated rings. The van der Waals surface area contributed by atoms with Crippen molar-refractivity contribution in [2.45, 2.75) is 25.4 Å². The van der Waals surface area contributed by atoms with Crippen LogP contribution in [-0.4, -0.2) is 17.9 Å². The van der Waals surface area contributed by atoms with E-state index in [1.807, 2.05) is 44.2 Å². The van der Waals surface area contributed by atoms with Gasteiger partial charge in [-0.05, 0) is 5.56 Å². The molecule has 0 aliphatic heterocycles. The van der Waals surface area contributed by atoms with E-state index in [2.05, 4.69) is 0 Å². The van der Waals surface area contributed by atoms with Gasteiger partial charge < -0.3 is 5.11 Å². The van der Waals surface area contributed by atoms with E-state index in [0.717, 1.165) is 5.56 Å². The third-order valence-corrected chi connectivity index (χ3v) is 2.50. The van der Waals surface area contributed by atoms with E-state index >= 15 is 0 Å². The zero-order chi connectivity index (χ0) is 9.90. The molecular weight excluding hydrogens is 167 g/mol. The highest BCUT2D eigenvalue weighted by Crippen LogP contribution is 2.26. The Kier molecular flexibility index (Phi) is 3.04. The van der Waals surface area contributed by atoms with Gasteiger partial charge in [-0.3, -0.25) is 0 Å². The molecule has 0 saturated heterocycles. The minimum absolute atomic E-state index is 0.518. The molecule has 2 heteroatoms. The fraction of sp³-hybridized carbons (Fsp3) is 0.455. The molecule has 1 aromatic rings. The minimum Gasteiger partial charge on any atom is -0.389 e. The Morgan fingerprint density at radius 1 is 1.31 bits per heavy atom. The van der Waals surface area contributed by atoms with Crippen molar-refractivity contribution in [3.8, 4) is 0 Å². The van der Waals surface area contributed by atoms with E-state index in [4.69, 9.17) is 0 Å². The quantitative estimate of drug-likeness (QED) is 0.760. The van der Waals surface area contributed by atoms with E-state index in [-0.39, 0.29) is 0 Å². The van der Waals surface area contributed by atoms with Crippen LogP contribution in [0.1, 0.15) is 19.4 Å². The van der Waals surface area contributed by atoms with Crippen LogP contribution in [0.5, 0.6) is 0 Å². The Morgan fingerprint density at radius 2 is 1.85 bits per heavy atom. The summed E-state index contributed by atoms with van der Waals surface area (Å²) < 4.78 is 12.3. The average molecular weight is 182 g/mol. The monoisotopic (exact) mass is 182 g/mol. The third kappa shape index (κ3) is 2.07. The molecule has 1 nitrogen and oxygen atoms in total. The van der Waals surface area contributed by atoms with Crippen LogP contribution in [0.2, 0.25) is 0 Å². The molecule has 1 atom stereocenters. The molecule has 1 N–H and O–H groups in total. The van der Waals surface area contributed by atoms with Crippen LogP contribution in [-0.2, 0) is 5.41 Å². The summed E-state index contributed by atoms with van der Waals surface area (Å²) in [6.45, 7) is 2.97. The Bertz CT molecular complexity index is 256.